The predicted molar refractivity (Wildman–Crippen MR) is 59.5 cm³/mol. The molecule has 0 saturated carbocycles. The van der Waals surface area contributed by atoms with E-state index in [1.165, 1.54) is 17.0 Å². The van der Waals surface area contributed by atoms with E-state index in [1.54, 1.807) is 0 Å². The summed E-state index contributed by atoms with van der Waals surface area (Å²) in [4.78, 5) is 13.5. The SMILES string of the molecule is NC1CCCN(C(=O)c2cccc(F)c2F)C1. The Hall–Kier alpha value is -1.49. The van der Waals surface area contributed by atoms with Crippen LogP contribution in [0.2, 0.25) is 0 Å². The van der Waals surface area contributed by atoms with Crippen molar-refractivity contribution in [3.05, 3.63) is 35.4 Å². The van der Waals surface area contributed by atoms with Crippen molar-refractivity contribution in [1.29, 1.82) is 0 Å². The van der Waals surface area contributed by atoms with Gasteiger partial charge in [0.2, 0.25) is 0 Å². The van der Waals surface area contributed by atoms with Crippen LogP contribution in [0.3, 0.4) is 0 Å². The van der Waals surface area contributed by atoms with Crippen molar-refractivity contribution >= 4 is 5.91 Å². The zero-order valence-electron chi connectivity index (χ0n) is 9.33. The Labute approximate surface area is 98.2 Å². The summed E-state index contributed by atoms with van der Waals surface area (Å²) in [5.74, 6) is -2.58. The molecule has 1 atom stereocenters. The molecule has 2 rings (SSSR count). The number of hydrogen-bond donors (Lipinski definition) is 1. The largest absolute Gasteiger partial charge is 0.337 e. The fourth-order valence-electron chi connectivity index (χ4n) is 2.03. The maximum Gasteiger partial charge on any atom is 0.256 e. The van der Waals surface area contributed by atoms with Crippen LogP contribution in [0.15, 0.2) is 18.2 Å². The minimum atomic E-state index is -1.09. The second kappa shape index (κ2) is 4.79. The molecule has 0 aromatic heterocycles. The van der Waals surface area contributed by atoms with Crippen LogP contribution in [0.4, 0.5) is 8.78 Å². The Bertz CT molecular complexity index is 437. The first kappa shape index (κ1) is 12.0. The maximum atomic E-state index is 13.5. The number of halogens is 2. The van der Waals surface area contributed by atoms with Crippen LogP contribution in [-0.2, 0) is 0 Å². The summed E-state index contributed by atoms with van der Waals surface area (Å²) in [5, 5.41) is 0. The number of likely N-dealkylation sites (tertiary alicyclic amines) is 1. The molecule has 1 aliphatic heterocycles. The van der Waals surface area contributed by atoms with Crippen LogP contribution < -0.4 is 5.73 Å². The van der Waals surface area contributed by atoms with E-state index in [9.17, 15) is 13.6 Å². The average molecular weight is 240 g/mol. The maximum absolute atomic E-state index is 13.5. The number of rotatable bonds is 1. The van der Waals surface area contributed by atoms with Crippen molar-refractivity contribution < 1.29 is 13.6 Å². The molecule has 92 valence electrons. The number of piperidine rings is 1. The lowest BCUT2D eigenvalue weighted by atomic mass is 10.1. The molecule has 3 nitrogen and oxygen atoms in total. The fraction of sp³-hybridized carbons (Fsp3) is 0.417. The lowest BCUT2D eigenvalue weighted by molar-refractivity contribution is 0.0703. The van der Waals surface area contributed by atoms with E-state index in [2.05, 4.69) is 0 Å². The predicted octanol–water partition coefficient (Wildman–Crippen LogP) is 1.53. The summed E-state index contributed by atoms with van der Waals surface area (Å²) in [5.41, 5.74) is 5.52. The highest BCUT2D eigenvalue weighted by Crippen LogP contribution is 2.16. The number of carbonyl (C=O) groups excluding carboxylic acids is 1. The summed E-state index contributed by atoms with van der Waals surface area (Å²) in [6.45, 7) is 0.942. The highest BCUT2D eigenvalue weighted by atomic mass is 19.2. The third-order valence-electron chi connectivity index (χ3n) is 2.93. The molecule has 1 unspecified atom stereocenters. The third kappa shape index (κ3) is 2.44. The van der Waals surface area contributed by atoms with Crippen molar-refractivity contribution in [2.24, 2.45) is 5.73 Å². The van der Waals surface area contributed by atoms with Crippen LogP contribution in [-0.4, -0.2) is 29.9 Å². The van der Waals surface area contributed by atoms with E-state index in [4.69, 9.17) is 5.73 Å². The normalized spacial score (nSPS) is 20.4. The Morgan fingerprint density at radius 2 is 2.18 bits per heavy atom. The molecule has 0 bridgehead atoms. The van der Waals surface area contributed by atoms with E-state index in [0.717, 1.165) is 18.9 Å². The van der Waals surface area contributed by atoms with Gasteiger partial charge in [-0.05, 0) is 25.0 Å². The molecule has 17 heavy (non-hydrogen) atoms. The van der Waals surface area contributed by atoms with E-state index < -0.39 is 17.5 Å². The van der Waals surface area contributed by atoms with Gasteiger partial charge in [0.15, 0.2) is 11.6 Å². The van der Waals surface area contributed by atoms with Crippen LogP contribution in [0, 0.1) is 11.6 Å². The van der Waals surface area contributed by atoms with Gasteiger partial charge in [-0.15, -0.1) is 0 Å². The summed E-state index contributed by atoms with van der Waals surface area (Å²) >= 11 is 0. The second-order valence-corrected chi connectivity index (χ2v) is 4.25. The van der Waals surface area contributed by atoms with Gasteiger partial charge >= 0.3 is 0 Å². The molecule has 1 fully saturated rings. The Balaban J connectivity index is 2.22. The van der Waals surface area contributed by atoms with E-state index in [-0.39, 0.29) is 11.6 Å². The molecule has 1 heterocycles. The first-order valence-electron chi connectivity index (χ1n) is 5.58. The van der Waals surface area contributed by atoms with Gasteiger partial charge in [0.05, 0.1) is 5.56 Å². The van der Waals surface area contributed by atoms with Crippen molar-refractivity contribution in [1.82, 2.24) is 4.90 Å². The standard InChI is InChI=1S/C12H14F2N2O/c13-10-5-1-4-9(11(10)14)12(17)16-6-2-3-8(15)7-16/h1,4-5,8H,2-3,6-7,15H2. The molecule has 1 amide bonds. The van der Waals surface area contributed by atoms with Gasteiger partial charge in [-0.1, -0.05) is 6.07 Å². The quantitative estimate of drug-likeness (QED) is 0.809. The molecular formula is C12H14F2N2O. The van der Waals surface area contributed by atoms with E-state index in [1.807, 2.05) is 0 Å². The Morgan fingerprint density at radius 3 is 2.88 bits per heavy atom. The van der Waals surface area contributed by atoms with E-state index >= 15 is 0 Å². The molecule has 2 N–H and O–H groups in total. The van der Waals surface area contributed by atoms with Gasteiger partial charge in [-0.2, -0.15) is 0 Å². The van der Waals surface area contributed by atoms with Crippen LogP contribution >= 0.6 is 0 Å². The molecule has 1 aromatic carbocycles. The molecular weight excluding hydrogens is 226 g/mol. The fourth-order valence-corrected chi connectivity index (χ4v) is 2.03. The highest BCUT2D eigenvalue weighted by molar-refractivity contribution is 5.94. The summed E-state index contributed by atoms with van der Waals surface area (Å²) < 4.78 is 26.5. The highest BCUT2D eigenvalue weighted by Gasteiger charge is 2.25. The minimum absolute atomic E-state index is 0.0793. The number of nitrogens with two attached hydrogens (primary N) is 1. The van der Waals surface area contributed by atoms with E-state index in [0.29, 0.717) is 13.1 Å². The van der Waals surface area contributed by atoms with Crippen molar-refractivity contribution in [3.8, 4) is 0 Å². The van der Waals surface area contributed by atoms with Gasteiger partial charge < -0.3 is 10.6 Å². The summed E-state index contributed by atoms with van der Waals surface area (Å²) in [6.07, 6.45) is 1.65. The van der Waals surface area contributed by atoms with Gasteiger partial charge in [0.1, 0.15) is 0 Å². The zero-order chi connectivity index (χ0) is 12.4. The lowest BCUT2D eigenvalue weighted by Gasteiger charge is -2.30. The number of benzene rings is 1. The summed E-state index contributed by atoms with van der Waals surface area (Å²) in [7, 11) is 0. The van der Waals surface area contributed by atoms with Crippen molar-refractivity contribution in [2.45, 2.75) is 18.9 Å². The first-order valence-corrected chi connectivity index (χ1v) is 5.58. The zero-order valence-corrected chi connectivity index (χ0v) is 9.33. The smallest absolute Gasteiger partial charge is 0.256 e. The van der Waals surface area contributed by atoms with Crippen molar-refractivity contribution in [3.63, 3.8) is 0 Å². The number of nitrogens with zero attached hydrogens (tertiary/aromatic N) is 1. The number of carbonyl (C=O) groups is 1. The number of hydrogen-bond acceptors (Lipinski definition) is 2. The van der Waals surface area contributed by atoms with Gasteiger partial charge in [-0.25, -0.2) is 8.78 Å². The Morgan fingerprint density at radius 1 is 1.41 bits per heavy atom. The first-order chi connectivity index (χ1) is 8.09. The van der Waals surface area contributed by atoms with Crippen molar-refractivity contribution in [2.75, 3.05) is 13.1 Å². The molecule has 1 saturated heterocycles. The Kier molecular flexibility index (Phi) is 3.38. The topological polar surface area (TPSA) is 46.3 Å². The summed E-state index contributed by atoms with van der Waals surface area (Å²) in [6, 6.07) is 3.54. The average Bonchev–Trinajstić information content (AvgIpc) is 2.32. The molecule has 0 radical (unpaired) electrons. The van der Waals surface area contributed by atoms with Gasteiger partial charge in [-0.3, -0.25) is 4.79 Å². The third-order valence-corrected chi connectivity index (χ3v) is 2.93. The molecule has 1 aliphatic rings. The molecule has 0 spiro atoms. The van der Waals surface area contributed by atoms with Gasteiger partial charge in [0.25, 0.3) is 5.91 Å². The van der Waals surface area contributed by atoms with Gasteiger partial charge in [0, 0.05) is 19.1 Å². The molecule has 5 heteroatoms. The number of amides is 1. The van der Waals surface area contributed by atoms with Crippen LogP contribution in [0.5, 0.6) is 0 Å². The van der Waals surface area contributed by atoms with Crippen LogP contribution in [0.25, 0.3) is 0 Å². The minimum Gasteiger partial charge on any atom is -0.337 e. The molecule has 0 aliphatic carbocycles. The van der Waals surface area contributed by atoms with Crippen LogP contribution in [0.1, 0.15) is 23.2 Å². The lowest BCUT2D eigenvalue weighted by Crippen LogP contribution is -2.45. The second-order valence-electron chi connectivity index (χ2n) is 4.25. The molecule has 1 aromatic rings. The monoisotopic (exact) mass is 240 g/mol.